The molecule has 0 aromatic carbocycles. The van der Waals surface area contributed by atoms with E-state index < -0.39 is 0 Å². The standard InChI is InChI=1S/C15H26N4O/c1-2-10-20-15-11-14(17-12-18-15)19(9-8-16)13-6-4-3-5-7-13/h11-13H,2-10,16H2,1H3. The minimum Gasteiger partial charge on any atom is -0.478 e. The summed E-state index contributed by atoms with van der Waals surface area (Å²) in [7, 11) is 0. The first-order valence-corrected chi connectivity index (χ1v) is 7.76. The lowest BCUT2D eigenvalue weighted by atomic mass is 9.94. The molecule has 0 saturated heterocycles. The topological polar surface area (TPSA) is 64.3 Å². The van der Waals surface area contributed by atoms with E-state index in [0.717, 1.165) is 18.8 Å². The van der Waals surface area contributed by atoms with Crippen molar-refractivity contribution in [1.29, 1.82) is 0 Å². The van der Waals surface area contributed by atoms with Gasteiger partial charge in [0.2, 0.25) is 5.88 Å². The molecule has 0 aliphatic heterocycles. The number of anilines is 1. The second-order valence-corrected chi connectivity index (χ2v) is 5.34. The van der Waals surface area contributed by atoms with Crippen molar-refractivity contribution in [1.82, 2.24) is 9.97 Å². The Bertz CT molecular complexity index is 393. The van der Waals surface area contributed by atoms with Gasteiger partial charge < -0.3 is 15.4 Å². The van der Waals surface area contributed by atoms with Crippen molar-refractivity contribution >= 4 is 5.82 Å². The van der Waals surface area contributed by atoms with Crippen LogP contribution in [0.5, 0.6) is 5.88 Å². The van der Waals surface area contributed by atoms with E-state index in [1.54, 1.807) is 6.33 Å². The predicted molar refractivity (Wildman–Crippen MR) is 81.1 cm³/mol. The van der Waals surface area contributed by atoms with Crippen LogP contribution in [-0.4, -0.2) is 35.7 Å². The van der Waals surface area contributed by atoms with Gasteiger partial charge in [0.1, 0.15) is 12.1 Å². The molecule has 112 valence electrons. The van der Waals surface area contributed by atoms with Crippen molar-refractivity contribution in [3.05, 3.63) is 12.4 Å². The average Bonchev–Trinajstić information content (AvgIpc) is 2.52. The maximum Gasteiger partial charge on any atom is 0.218 e. The number of nitrogens with two attached hydrogens (primary N) is 1. The van der Waals surface area contributed by atoms with Gasteiger partial charge in [-0.05, 0) is 19.3 Å². The number of hydrogen-bond donors (Lipinski definition) is 1. The van der Waals surface area contributed by atoms with Crippen molar-refractivity contribution < 1.29 is 4.74 Å². The number of ether oxygens (including phenoxy) is 1. The smallest absolute Gasteiger partial charge is 0.218 e. The summed E-state index contributed by atoms with van der Waals surface area (Å²) in [6, 6.07) is 2.50. The normalized spacial score (nSPS) is 16.1. The van der Waals surface area contributed by atoms with E-state index in [4.69, 9.17) is 10.5 Å². The van der Waals surface area contributed by atoms with Crippen LogP contribution in [0.15, 0.2) is 12.4 Å². The molecule has 1 saturated carbocycles. The van der Waals surface area contributed by atoms with Crippen LogP contribution in [0.3, 0.4) is 0 Å². The first-order chi connectivity index (χ1) is 9.85. The Morgan fingerprint density at radius 3 is 2.80 bits per heavy atom. The number of rotatable bonds is 7. The first kappa shape index (κ1) is 15.0. The Balaban J connectivity index is 2.10. The van der Waals surface area contributed by atoms with Crippen LogP contribution in [0.25, 0.3) is 0 Å². The van der Waals surface area contributed by atoms with Crippen LogP contribution >= 0.6 is 0 Å². The zero-order valence-electron chi connectivity index (χ0n) is 12.4. The van der Waals surface area contributed by atoms with Crippen molar-refractivity contribution in [3.8, 4) is 5.88 Å². The Morgan fingerprint density at radius 1 is 1.30 bits per heavy atom. The summed E-state index contributed by atoms with van der Waals surface area (Å²) in [5.41, 5.74) is 5.78. The predicted octanol–water partition coefficient (Wildman–Crippen LogP) is 2.36. The zero-order valence-corrected chi connectivity index (χ0v) is 12.4. The third kappa shape index (κ3) is 4.07. The second-order valence-electron chi connectivity index (χ2n) is 5.34. The van der Waals surface area contributed by atoms with Crippen molar-refractivity contribution in [2.75, 3.05) is 24.6 Å². The number of aromatic nitrogens is 2. The molecule has 0 atom stereocenters. The van der Waals surface area contributed by atoms with Gasteiger partial charge in [0.25, 0.3) is 0 Å². The summed E-state index contributed by atoms with van der Waals surface area (Å²) in [4.78, 5) is 10.9. The van der Waals surface area contributed by atoms with E-state index in [1.807, 2.05) is 6.07 Å². The van der Waals surface area contributed by atoms with Crippen molar-refractivity contribution in [2.24, 2.45) is 5.73 Å². The molecule has 2 N–H and O–H groups in total. The molecule has 1 fully saturated rings. The summed E-state index contributed by atoms with van der Waals surface area (Å²) in [5.74, 6) is 1.61. The third-order valence-corrected chi connectivity index (χ3v) is 3.76. The van der Waals surface area contributed by atoms with Gasteiger partial charge >= 0.3 is 0 Å². The lowest BCUT2D eigenvalue weighted by Crippen LogP contribution is -2.40. The Morgan fingerprint density at radius 2 is 2.10 bits per heavy atom. The molecule has 2 rings (SSSR count). The van der Waals surface area contributed by atoms with Crippen LogP contribution in [0, 0.1) is 0 Å². The van der Waals surface area contributed by atoms with E-state index in [2.05, 4.69) is 21.8 Å². The van der Waals surface area contributed by atoms with Gasteiger partial charge in [0.05, 0.1) is 6.61 Å². The summed E-state index contributed by atoms with van der Waals surface area (Å²) in [5, 5.41) is 0. The molecule has 1 aliphatic rings. The fourth-order valence-corrected chi connectivity index (χ4v) is 2.79. The second kappa shape index (κ2) is 8.04. The Labute approximate surface area is 121 Å². The summed E-state index contributed by atoms with van der Waals surface area (Å²) < 4.78 is 5.60. The van der Waals surface area contributed by atoms with E-state index in [9.17, 15) is 0 Å². The van der Waals surface area contributed by atoms with Crippen LogP contribution in [0.4, 0.5) is 5.82 Å². The molecule has 1 aromatic rings. The lowest BCUT2D eigenvalue weighted by molar-refractivity contribution is 0.304. The SMILES string of the molecule is CCCOc1cc(N(CCN)C2CCCCC2)ncn1. The van der Waals surface area contributed by atoms with E-state index in [-0.39, 0.29) is 0 Å². The molecular formula is C15H26N4O. The van der Waals surface area contributed by atoms with Crippen molar-refractivity contribution in [2.45, 2.75) is 51.5 Å². The van der Waals surface area contributed by atoms with E-state index in [0.29, 0.717) is 25.1 Å². The van der Waals surface area contributed by atoms with Gasteiger partial charge in [0, 0.05) is 25.2 Å². The van der Waals surface area contributed by atoms with Gasteiger partial charge in [-0.2, -0.15) is 0 Å². The Hall–Kier alpha value is -1.36. The van der Waals surface area contributed by atoms with Gasteiger partial charge in [-0.1, -0.05) is 26.2 Å². The molecule has 20 heavy (non-hydrogen) atoms. The summed E-state index contributed by atoms with van der Waals surface area (Å²) in [6.45, 7) is 4.27. The molecule has 1 heterocycles. The van der Waals surface area contributed by atoms with Gasteiger partial charge in [-0.3, -0.25) is 0 Å². The minimum atomic E-state index is 0.557. The fourth-order valence-electron chi connectivity index (χ4n) is 2.79. The molecule has 0 radical (unpaired) electrons. The van der Waals surface area contributed by atoms with Crippen LogP contribution in [-0.2, 0) is 0 Å². The Kier molecular flexibility index (Phi) is 6.05. The van der Waals surface area contributed by atoms with Crippen LogP contribution < -0.4 is 15.4 Å². The molecule has 1 aromatic heterocycles. The van der Waals surface area contributed by atoms with E-state index in [1.165, 1.54) is 32.1 Å². The largest absolute Gasteiger partial charge is 0.478 e. The molecule has 0 bridgehead atoms. The molecule has 5 nitrogen and oxygen atoms in total. The van der Waals surface area contributed by atoms with Crippen molar-refractivity contribution in [3.63, 3.8) is 0 Å². The highest BCUT2D eigenvalue weighted by Gasteiger charge is 2.22. The highest BCUT2D eigenvalue weighted by molar-refractivity contribution is 5.42. The summed E-state index contributed by atoms with van der Waals surface area (Å²) >= 11 is 0. The third-order valence-electron chi connectivity index (χ3n) is 3.76. The molecule has 0 spiro atoms. The summed E-state index contributed by atoms with van der Waals surface area (Å²) in [6.07, 6.45) is 8.99. The molecule has 0 amide bonds. The van der Waals surface area contributed by atoms with E-state index >= 15 is 0 Å². The quantitative estimate of drug-likeness (QED) is 0.829. The van der Waals surface area contributed by atoms with Crippen LogP contribution in [0.2, 0.25) is 0 Å². The molecule has 5 heteroatoms. The van der Waals surface area contributed by atoms with Gasteiger partial charge in [0.15, 0.2) is 0 Å². The highest BCUT2D eigenvalue weighted by Crippen LogP contribution is 2.27. The molecule has 0 unspecified atom stereocenters. The maximum absolute atomic E-state index is 5.78. The minimum absolute atomic E-state index is 0.557. The average molecular weight is 278 g/mol. The lowest BCUT2D eigenvalue weighted by Gasteiger charge is -2.35. The number of nitrogens with zero attached hydrogens (tertiary/aromatic N) is 3. The maximum atomic E-state index is 5.78. The van der Waals surface area contributed by atoms with Gasteiger partial charge in [-0.15, -0.1) is 0 Å². The fraction of sp³-hybridized carbons (Fsp3) is 0.733. The molecular weight excluding hydrogens is 252 g/mol. The zero-order chi connectivity index (χ0) is 14.2. The highest BCUT2D eigenvalue weighted by atomic mass is 16.5. The monoisotopic (exact) mass is 278 g/mol. The first-order valence-electron chi connectivity index (χ1n) is 7.76. The number of hydrogen-bond acceptors (Lipinski definition) is 5. The van der Waals surface area contributed by atoms with Gasteiger partial charge in [-0.25, -0.2) is 9.97 Å². The van der Waals surface area contributed by atoms with Crippen LogP contribution in [0.1, 0.15) is 45.4 Å². The molecule has 1 aliphatic carbocycles.